The van der Waals surface area contributed by atoms with Gasteiger partial charge in [0.2, 0.25) is 0 Å². The van der Waals surface area contributed by atoms with Gasteiger partial charge in [-0.05, 0) is 18.8 Å². The average molecular weight is 154 g/mol. The third-order valence-electron chi connectivity index (χ3n) is 3.31. The second-order valence-electron chi connectivity index (χ2n) is 3.84. The first-order valence-corrected chi connectivity index (χ1v) is 4.29. The summed E-state index contributed by atoms with van der Waals surface area (Å²) in [6.45, 7) is 2.22. The van der Waals surface area contributed by atoms with Gasteiger partial charge in [-0.25, -0.2) is 0 Å². The Morgan fingerprint density at radius 3 is 2.91 bits per heavy atom. The predicted molar refractivity (Wildman–Crippen MR) is 41.3 cm³/mol. The molecule has 0 heterocycles. The van der Waals surface area contributed by atoms with Crippen LogP contribution in [0.5, 0.6) is 0 Å². The van der Waals surface area contributed by atoms with Crippen LogP contribution in [0, 0.1) is 11.8 Å². The summed E-state index contributed by atoms with van der Waals surface area (Å²) in [4.78, 5) is 11.4. The number of rotatable bonds is 1. The molecule has 0 radical (unpaired) electrons. The van der Waals surface area contributed by atoms with Crippen LogP contribution < -0.4 is 0 Å². The summed E-state index contributed by atoms with van der Waals surface area (Å²) in [5.41, 5.74) is -0.322. The number of hydrogen-bond acceptors (Lipinski definition) is 2. The summed E-state index contributed by atoms with van der Waals surface area (Å²) >= 11 is 0. The van der Waals surface area contributed by atoms with Crippen molar-refractivity contribution < 1.29 is 9.53 Å². The molecule has 2 aliphatic carbocycles. The number of fused-ring (bicyclic) bond motifs is 1. The lowest BCUT2D eigenvalue weighted by Crippen LogP contribution is -2.33. The molecule has 3 atom stereocenters. The van der Waals surface area contributed by atoms with Crippen molar-refractivity contribution in [3.8, 4) is 0 Å². The molecule has 2 fully saturated rings. The quantitative estimate of drug-likeness (QED) is 0.570. The van der Waals surface area contributed by atoms with Crippen LogP contribution in [0.25, 0.3) is 0 Å². The summed E-state index contributed by atoms with van der Waals surface area (Å²) in [6.07, 6.45) is 2.77. The molecule has 0 N–H and O–H groups in total. The van der Waals surface area contributed by atoms with Gasteiger partial charge in [-0.2, -0.15) is 0 Å². The average Bonchev–Trinajstić information content (AvgIpc) is 2.74. The third-order valence-corrected chi connectivity index (χ3v) is 3.31. The fraction of sp³-hybridized carbons (Fsp3) is 0.889. The summed E-state index contributed by atoms with van der Waals surface area (Å²) < 4.78 is 5.29. The highest BCUT2D eigenvalue weighted by atomic mass is 16.5. The normalized spacial score (nSPS) is 48.7. The zero-order chi connectivity index (χ0) is 8.06. The van der Waals surface area contributed by atoms with Crippen LogP contribution in [-0.2, 0) is 9.53 Å². The minimum Gasteiger partial charge on any atom is -0.370 e. The molecule has 0 saturated heterocycles. The van der Waals surface area contributed by atoms with Gasteiger partial charge >= 0.3 is 0 Å². The maximum absolute atomic E-state index is 11.4. The van der Waals surface area contributed by atoms with E-state index in [1.165, 1.54) is 0 Å². The minimum atomic E-state index is -0.322. The fourth-order valence-corrected chi connectivity index (χ4v) is 2.37. The Labute approximate surface area is 66.9 Å². The fourth-order valence-electron chi connectivity index (χ4n) is 2.37. The highest BCUT2D eigenvalue weighted by Gasteiger charge is 2.63. The van der Waals surface area contributed by atoms with Crippen LogP contribution in [0.4, 0.5) is 0 Å². The van der Waals surface area contributed by atoms with Gasteiger partial charge in [-0.3, -0.25) is 4.79 Å². The number of ketones is 1. The molecule has 11 heavy (non-hydrogen) atoms. The molecule has 0 aromatic rings. The van der Waals surface area contributed by atoms with Gasteiger partial charge in [0.25, 0.3) is 0 Å². The molecular formula is C9H14O2. The van der Waals surface area contributed by atoms with E-state index >= 15 is 0 Å². The SMILES string of the molecule is COC12CC1C(C)CCC2=O. The first kappa shape index (κ1) is 7.29. The van der Waals surface area contributed by atoms with E-state index in [0.29, 0.717) is 17.6 Å². The second kappa shape index (κ2) is 2.07. The van der Waals surface area contributed by atoms with E-state index in [9.17, 15) is 4.79 Å². The molecule has 0 aliphatic heterocycles. The monoisotopic (exact) mass is 154 g/mol. The Bertz CT molecular complexity index is 200. The Hall–Kier alpha value is -0.370. The van der Waals surface area contributed by atoms with Crippen LogP contribution in [0.3, 0.4) is 0 Å². The Morgan fingerprint density at radius 2 is 2.36 bits per heavy atom. The van der Waals surface area contributed by atoms with Crippen LogP contribution >= 0.6 is 0 Å². The van der Waals surface area contributed by atoms with E-state index in [0.717, 1.165) is 19.3 Å². The molecule has 2 aliphatic rings. The molecule has 2 saturated carbocycles. The summed E-state index contributed by atoms with van der Waals surface area (Å²) in [5, 5.41) is 0. The van der Waals surface area contributed by atoms with E-state index in [1.807, 2.05) is 0 Å². The molecule has 3 unspecified atom stereocenters. The second-order valence-corrected chi connectivity index (χ2v) is 3.84. The third kappa shape index (κ3) is 0.791. The van der Waals surface area contributed by atoms with Crippen LogP contribution in [0.15, 0.2) is 0 Å². The topological polar surface area (TPSA) is 26.3 Å². The molecule has 0 amide bonds. The largest absolute Gasteiger partial charge is 0.370 e. The van der Waals surface area contributed by atoms with Gasteiger partial charge in [-0.15, -0.1) is 0 Å². The van der Waals surface area contributed by atoms with Gasteiger partial charge in [0.1, 0.15) is 5.60 Å². The molecule has 62 valence electrons. The van der Waals surface area contributed by atoms with Crippen molar-refractivity contribution in [1.29, 1.82) is 0 Å². The van der Waals surface area contributed by atoms with Crippen molar-refractivity contribution in [1.82, 2.24) is 0 Å². The minimum absolute atomic E-state index is 0.322. The van der Waals surface area contributed by atoms with E-state index in [1.54, 1.807) is 7.11 Å². The van der Waals surface area contributed by atoms with E-state index in [2.05, 4.69) is 6.92 Å². The Morgan fingerprint density at radius 1 is 1.64 bits per heavy atom. The number of ether oxygens (including phenoxy) is 1. The maximum Gasteiger partial charge on any atom is 0.164 e. The molecular weight excluding hydrogens is 140 g/mol. The van der Waals surface area contributed by atoms with Crippen LogP contribution in [0.1, 0.15) is 26.2 Å². The van der Waals surface area contributed by atoms with Crippen LogP contribution in [0.2, 0.25) is 0 Å². The molecule has 2 rings (SSSR count). The smallest absolute Gasteiger partial charge is 0.164 e. The standard InChI is InChI=1S/C9H14O2/c1-6-3-4-8(10)9(11-2)5-7(6)9/h6-7H,3-5H2,1-2H3. The number of Topliss-reactive ketones (excluding diaryl/α,β-unsaturated/α-hetero) is 1. The molecule has 0 spiro atoms. The van der Waals surface area contributed by atoms with Crippen LogP contribution in [-0.4, -0.2) is 18.5 Å². The zero-order valence-electron chi connectivity index (χ0n) is 7.09. The number of methoxy groups -OCH3 is 1. The molecule has 0 bridgehead atoms. The first-order valence-electron chi connectivity index (χ1n) is 4.29. The van der Waals surface area contributed by atoms with Gasteiger partial charge in [-0.1, -0.05) is 6.92 Å². The summed E-state index contributed by atoms with van der Waals surface area (Å²) in [6, 6.07) is 0. The Kier molecular flexibility index (Phi) is 1.37. The molecule has 0 aromatic heterocycles. The molecule has 2 heteroatoms. The van der Waals surface area contributed by atoms with E-state index < -0.39 is 0 Å². The molecule has 2 nitrogen and oxygen atoms in total. The lowest BCUT2D eigenvalue weighted by Gasteiger charge is -2.23. The van der Waals surface area contributed by atoms with E-state index in [4.69, 9.17) is 4.74 Å². The first-order chi connectivity index (χ1) is 5.20. The van der Waals surface area contributed by atoms with Crippen molar-refractivity contribution in [3.63, 3.8) is 0 Å². The zero-order valence-corrected chi connectivity index (χ0v) is 7.09. The van der Waals surface area contributed by atoms with E-state index in [-0.39, 0.29) is 5.60 Å². The summed E-state index contributed by atoms with van der Waals surface area (Å²) in [5.74, 6) is 1.56. The van der Waals surface area contributed by atoms with Gasteiger partial charge in [0.15, 0.2) is 5.78 Å². The maximum atomic E-state index is 11.4. The number of hydrogen-bond donors (Lipinski definition) is 0. The van der Waals surface area contributed by atoms with Gasteiger partial charge < -0.3 is 4.74 Å². The van der Waals surface area contributed by atoms with Crippen molar-refractivity contribution >= 4 is 5.78 Å². The highest BCUT2D eigenvalue weighted by Crippen LogP contribution is 2.56. The van der Waals surface area contributed by atoms with Crippen molar-refractivity contribution in [3.05, 3.63) is 0 Å². The lowest BCUT2D eigenvalue weighted by molar-refractivity contribution is -0.135. The number of carbonyl (C=O) groups excluding carboxylic acids is 1. The van der Waals surface area contributed by atoms with Gasteiger partial charge in [0.05, 0.1) is 0 Å². The molecule has 0 aromatic carbocycles. The number of carbonyl (C=O) groups is 1. The van der Waals surface area contributed by atoms with Crippen molar-refractivity contribution in [2.24, 2.45) is 11.8 Å². The van der Waals surface area contributed by atoms with Crippen molar-refractivity contribution in [2.75, 3.05) is 7.11 Å². The Balaban J connectivity index is 2.18. The predicted octanol–water partition coefficient (Wildman–Crippen LogP) is 1.39. The highest BCUT2D eigenvalue weighted by molar-refractivity contribution is 5.91. The lowest BCUT2D eigenvalue weighted by atomic mass is 9.88. The van der Waals surface area contributed by atoms with Gasteiger partial charge in [0, 0.05) is 19.4 Å². The van der Waals surface area contributed by atoms with Crippen molar-refractivity contribution in [2.45, 2.75) is 31.8 Å². The summed E-state index contributed by atoms with van der Waals surface area (Å²) in [7, 11) is 1.66.